The van der Waals surface area contributed by atoms with Gasteiger partial charge in [-0.1, -0.05) is 33.8 Å². The fourth-order valence-electron chi connectivity index (χ4n) is 1.76. The van der Waals surface area contributed by atoms with Gasteiger partial charge < -0.3 is 4.74 Å². The third kappa shape index (κ3) is 3.54. The van der Waals surface area contributed by atoms with Gasteiger partial charge in [0.15, 0.2) is 0 Å². The molecule has 0 bridgehead atoms. The third-order valence-corrected chi connectivity index (χ3v) is 2.88. The van der Waals surface area contributed by atoms with Crippen molar-refractivity contribution in [1.82, 2.24) is 0 Å². The monoisotopic (exact) mass is 271 g/mol. The minimum atomic E-state index is 0.0500. The summed E-state index contributed by atoms with van der Waals surface area (Å²) in [4.78, 5) is 4.66. The van der Waals surface area contributed by atoms with E-state index in [9.17, 15) is 0 Å². The van der Waals surface area contributed by atoms with Crippen molar-refractivity contribution in [1.29, 1.82) is 0 Å². The van der Waals surface area contributed by atoms with Crippen molar-refractivity contribution in [3.05, 3.63) is 23.3 Å². The van der Waals surface area contributed by atoms with Gasteiger partial charge in [0.25, 0.3) is 0 Å². The number of aryl methyl sites for hydroxylation is 1. The van der Waals surface area contributed by atoms with Gasteiger partial charge in [0, 0.05) is 12.9 Å². The van der Waals surface area contributed by atoms with Crippen LogP contribution in [0.1, 0.15) is 38.8 Å². The van der Waals surface area contributed by atoms with E-state index in [1.54, 1.807) is 7.11 Å². The molecular formula is C13H21NO3S. The minimum Gasteiger partial charge on any atom is -0.494 e. The first-order valence-corrected chi connectivity index (χ1v) is 6.25. The molecular weight excluding hydrogens is 250 g/mol. The Kier molecular flexibility index (Phi) is 5.31. The van der Waals surface area contributed by atoms with Gasteiger partial charge in [0.2, 0.25) is 0 Å². The lowest BCUT2D eigenvalue weighted by atomic mass is 9.85. The Morgan fingerprint density at radius 3 is 2.39 bits per heavy atom. The molecule has 0 aliphatic heterocycles. The Labute approximate surface area is 114 Å². The van der Waals surface area contributed by atoms with Gasteiger partial charge in [-0.15, -0.1) is 9.32 Å². The highest BCUT2D eigenvalue weighted by Gasteiger charge is 2.19. The van der Waals surface area contributed by atoms with E-state index in [0.717, 1.165) is 23.4 Å². The minimum absolute atomic E-state index is 0.0500. The molecule has 1 aromatic rings. The molecule has 0 heterocycles. The van der Waals surface area contributed by atoms with Crippen molar-refractivity contribution in [3.8, 4) is 5.75 Å². The van der Waals surface area contributed by atoms with Gasteiger partial charge in [-0.3, -0.25) is 0 Å². The molecule has 1 N–H and O–H groups in total. The van der Waals surface area contributed by atoms with Crippen LogP contribution in [0.15, 0.2) is 12.1 Å². The van der Waals surface area contributed by atoms with Gasteiger partial charge in [0.1, 0.15) is 11.4 Å². The van der Waals surface area contributed by atoms with Crippen LogP contribution in [-0.2, 0) is 21.2 Å². The molecule has 0 aliphatic rings. The average Bonchev–Trinajstić information content (AvgIpc) is 2.33. The molecule has 0 amide bonds. The average molecular weight is 271 g/mol. The summed E-state index contributed by atoms with van der Waals surface area (Å²) in [5, 5.41) is 0. The summed E-state index contributed by atoms with van der Waals surface area (Å²) in [6, 6.07) is 4.15. The molecule has 4 nitrogen and oxygen atoms in total. The summed E-state index contributed by atoms with van der Waals surface area (Å²) in [5.74, 6) is 0.760. The van der Waals surface area contributed by atoms with Crippen LogP contribution in [0.2, 0.25) is 0 Å². The number of anilines is 1. The molecule has 0 aromatic heterocycles. The predicted octanol–water partition coefficient (Wildman–Crippen LogP) is 3.68. The fourth-order valence-corrected chi connectivity index (χ4v) is 1.80. The van der Waals surface area contributed by atoms with E-state index in [2.05, 4.69) is 61.5 Å². The zero-order valence-electron chi connectivity index (χ0n) is 11.5. The van der Waals surface area contributed by atoms with Gasteiger partial charge >= 0.3 is 0 Å². The predicted molar refractivity (Wildman–Crippen MR) is 75.9 cm³/mol. The van der Waals surface area contributed by atoms with Crippen molar-refractivity contribution in [2.24, 2.45) is 0 Å². The van der Waals surface area contributed by atoms with E-state index in [4.69, 9.17) is 4.74 Å². The normalized spacial score (nSPS) is 11.4. The number of hydrogen-bond acceptors (Lipinski definition) is 5. The van der Waals surface area contributed by atoms with Crippen molar-refractivity contribution in [3.63, 3.8) is 0 Å². The number of methoxy groups -OCH3 is 1. The second-order valence-corrected chi connectivity index (χ2v) is 5.23. The smallest absolute Gasteiger partial charge is 0.147 e. The van der Waals surface area contributed by atoms with Crippen LogP contribution >= 0.6 is 12.9 Å². The van der Waals surface area contributed by atoms with Gasteiger partial charge in [-0.05, 0) is 29.0 Å². The molecule has 102 valence electrons. The van der Waals surface area contributed by atoms with E-state index < -0.39 is 0 Å². The molecule has 0 aliphatic carbocycles. The van der Waals surface area contributed by atoms with E-state index in [-0.39, 0.29) is 5.41 Å². The molecule has 0 radical (unpaired) electrons. The second-order valence-electron chi connectivity index (χ2n) is 5.08. The summed E-state index contributed by atoms with van der Waals surface area (Å²) >= 11 is 3.52. The molecule has 0 unspecified atom stereocenters. The SMILES string of the molecule is CCc1cc(C(C)(C)C)cc(NOOS)c1OC. The van der Waals surface area contributed by atoms with Crippen LogP contribution in [0.5, 0.6) is 5.75 Å². The Morgan fingerprint density at radius 2 is 1.94 bits per heavy atom. The molecule has 0 saturated carbocycles. The van der Waals surface area contributed by atoms with Crippen LogP contribution in [0.25, 0.3) is 0 Å². The van der Waals surface area contributed by atoms with Crippen molar-refractivity contribution >= 4 is 18.6 Å². The van der Waals surface area contributed by atoms with Gasteiger partial charge in [-0.25, -0.2) is 5.48 Å². The lowest BCUT2D eigenvalue weighted by molar-refractivity contribution is -0.158. The fraction of sp³-hybridized carbons (Fsp3) is 0.538. The Morgan fingerprint density at radius 1 is 1.28 bits per heavy atom. The van der Waals surface area contributed by atoms with Crippen molar-refractivity contribution < 1.29 is 14.1 Å². The van der Waals surface area contributed by atoms with E-state index in [1.165, 1.54) is 5.56 Å². The molecule has 1 aromatic carbocycles. The van der Waals surface area contributed by atoms with Crippen molar-refractivity contribution in [2.75, 3.05) is 12.6 Å². The van der Waals surface area contributed by atoms with Crippen LogP contribution in [0.4, 0.5) is 5.69 Å². The molecule has 0 atom stereocenters. The van der Waals surface area contributed by atoms with E-state index in [0.29, 0.717) is 0 Å². The summed E-state index contributed by atoms with van der Waals surface area (Å²) in [6.45, 7) is 8.57. The standard InChI is InChI=1S/C13H21NO3S/c1-6-9-7-10(13(2,3)4)8-11(12(9)15-5)14-16-17-18/h7-8,14,18H,6H2,1-5H3. The topological polar surface area (TPSA) is 39.7 Å². The van der Waals surface area contributed by atoms with Gasteiger partial charge in [-0.2, -0.15) is 0 Å². The number of ether oxygens (including phenoxy) is 1. The van der Waals surface area contributed by atoms with E-state index in [1.807, 2.05) is 6.07 Å². The highest BCUT2D eigenvalue weighted by molar-refractivity contribution is 7.74. The summed E-state index contributed by atoms with van der Waals surface area (Å²) < 4.78 is 9.68. The Balaban J connectivity index is 3.26. The number of rotatable bonds is 5. The first kappa shape index (κ1) is 15.1. The van der Waals surface area contributed by atoms with Crippen LogP contribution in [0, 0.1) is 0 Å². The zero-order valence-corrected chi connectivity index (χ0v) is 12.4. The maximum Gasteiger partial charge on any atom is 0.147 e. The largest absolute Gasteiger partial charge is 0.494 e. The quantitative estimate of drug-likeness (QED) is 0.371. The molecule has 5 heteroatoms. The third-order valence-electron chi connectivity index (χ3n) is 2.81. The van der Waals surface area contributed by atoms with Crippen LogP contribution < -0.4 is 10.2 Å². The Hall–Kier alpha value is -0.910. The van der Waals surface area contributed by atoms with E-state index >= 15 is 0 Å². The molecule has 1 rings (SSSR count). The molecule has 0 saturated heterocycles. The lowest BCUT2D eigenvalue weighted by Crippen LogP contribution is -2.13. The molecule has 18 heavy (non-hydrogen) atoms. The number of benzene rings is 1. The highest BCUT2D eigenvalue weighted by atomic mass is 32.1. The van der Waals surface area contributed by atoms with Crippen LogP contribution in [-0.4, -0.2) is 7.11 Å². The van der Waals surface area contributed by atoms with Crippen LogP contribution in [0.3, 0.4) is 0 Å². The summed E-state index contributed by atoms with van der Waals surface area (Å²) in [6.07, 6.45) is 0.878. The molecule has 0 fully saturated rings. The maximum absolute atomic E-state index is 5.41. The summed E-state index contributed by atoms with van der Waals surface area (Å²) in [5.41, 5.74) is 5.78. The first-order chi connectivity index (χ1) is 8.43. The highest BCUT2D eigenvalue weighted by Crippen LogP contribution is 2.35. The Bertz CT molecular complexity index is 402. The second kappa shape index (κ2) is 6.31. The first-order valence-electron chi connectivity index (χ1n) is 5.88. The van der Waals surface area contributed by atoms with Gasteiger partial charge in [0.05, 0.1) is 7.11 Å². The zero-order chi connectivity index (χ0) is 13.8. The lowest BCUT2D eigenvalue weighted by Gasteiger charge is -2.23. The number of nitrogens with one attached hydrogen (secondary N) is 1. The number of thiol groups is 1. The summed E-state index contributed by atoms with van der Waals surface area (Å²) in [7, 11) is 1.64. The molecule has 0 spiro atoms. The maximum atomic E-state index is 5.41. The number of hydrogen-bond donors (Lipinski definition) is 2. The van der Waals surface area contributed by atoms with Crippen molar-refractivity contribution in [2.45, 2.75) is 39.5 Å².